The molecule has 108 valence electrons. The molecule has 0 aliphatic carbocycles. The second-order valence-electron chi connectivity index (χ2n) is 4.79. The Morgan fingerprint density at radius 1 is 1.30 bits per heavy atom. The van der Waals surface area contributed by atoms with Crippen molar-refractivity contribution in [2.75, 3.05) is 20.2 Å². The lowest BCUT2D eigenvalue weighted by molar-refractivity contribution is -0.138. The molecular formula is C15H20N2O3. The summed E-state index contributed by atoms with van der Waals surface area (Å²) in [6.07, 6.45) is 1.09. The Morgan fingerprint density at radius 2 is 2.00 bits per heavy atom. The van der Waals surface area contributed by atoms with Crippen molar-refractivity contribution >= 4 is 11.8 Å². The SMILES string of the molecule is CCN1C(=O)CC(NCCc2ccc(OC)cc2)C1=O. The van der Waals surface area contributed by atoms with E-state index in [4.69, 9.17) is 4.74 Å². The molecule has 1 aliphatic rings. The Labute approximate surface area is 118 Å². The standard InChI is InChI=1S/C15H20N2O3/c1-3-17-14(18)10-13(15(17)19)16-9-8-11-4-6-12(20-2)7-5-11/h4-7,13,16H,3,8-10H2,1-2H3. The van der Waals surface area contributed by atoms with Gasteiger partial charge in [-0.3, -0.25) is 14.5 Å². The largest absolute Gasteiger partial charge is 0.497 e. The maximum absolute atomic E-state index is 11.9. The van der Waals surface area contributed by atoms with E-state index in [1.165, 1.54) is 10.5 Å². The van der Waals surface area contributed by atoms with E-state index in [1.54, 1.807) is 7.11 Å². The Hall–Kier alpha value is -1.88. The van der Waals surface area contributed by atoms with Gasteiger partial charge in [-0.2, -0.15) is 0 Å². The number of amides is 2. The number of ether oxygens (including phenoxy) is 1. The molecule has 1 saturated heterocycles. The van der Waals surface area contributed by atoms with Crippen LogP contribution in [0.5, 0.6) is 5.75 Å². The van der Waals surface area contributed by atoms with Crippen molar-refractivity contribution in [2.45, 2.75) is 25.8 Å². The maximum Gasteiger partial charge on any atom is 0.246 e. The second kappa shape index (κ2) is 6.52. The molecule has 20 heavy (non-hydrogen) atoms. The summed E-state index contributed by atoms with van der Waals surface area (Å²) in [7, 11) is 1.64. The van der Waals surface area contributed by atoms with Gasteiger partial charge < -0.3 is 10.1 Å². The highest BCUT2D eigenvalue weighted by molar-refractivity contribution is 6.05. The van der Waals surface area contributed by atoms with Crippen LogP contribution < -0.4 is 10.1 Å². The number of nitrogens with zero attached hydrogens (tertiary/aromatic N) is 1. The fourth-order valence-electron chi connectivity index (χ4n) is 2.36. The molecule has 0 spiro atoms. The van der Waals surface area contributed by atoms with E-state index in [0.29, 0.717) is 13.1 Å². The van der Waals surface area contributed by atoms with Gasteiger partial charge in [0.05, 0.1) is 19.6 Å². The van der Waals surface area contributed by atoms with Gasteiger partial charge in [0.25, 0.3) is 0 Å². The molecule has 0 saturated carbocycles. The zero-order chi connectivity index (χ0) is 14.5. The van der Waals surface area contributed by atoms with Crippen molar-refractivity contribution in [3.05, 3.63) is 29.8 Å². The third kappa shape index (κ3) is 3.17. The van der Waals surface area contributed by atoms with Crippen molar-refractivity contribution in [1.82, 2.24) is 10.2 Å². The first kappa shape index (κ1) is 14.5. The maximum atomic E-state index is 11.9. The highest BCUT2D eigenvalue weighted by atomic mass is 16.5. The predicted molar refractivity (Wildman–Crippen MR) is 75.5 cm³/mol. The predicted octanol–water partition coefficient (Wildman–Crippen LogP) is 0.975. The number of imide groups is 1. The molecule has 0 bridgehead atoms. The van der Waals surface area contributed by atoms with Gasteiger partial charge in [-0.25, -0.2) is 0 Å². The summed E-state index contributed by atoms with van der Waals surface area (Å²) >= 11 is 0. The summed E-state index contributed by atoms with van der Waals surface area (Å²) in [5, 5.41) is 3.16. The normalized spacial score (nSPS) is 18.7. The highest BCUT2D eigenvalue weighted by Crippen LogP contribution is 2.13. The summed E-state index contributed by atoms with van der Waals surface area (Å²) in [6, 6.07) is 7.47. The molecule has 1 atom stereocenters. The smallest absolute Gasteiger partial charge is 0.246 e. The molecule has 5 nitrogen and oxygen atoms in total. The van der Waals surface area contributed by atoms with Crippen LogP contribution in [0.3, 0.4) is 0 Å². The molecule has 1 fully saturated rings. The number of carbonyl (C=O) groups is 2. The summed E-state index contributed by atoms with van der Waals surface area (Å²) < 4.78 is 5.10. The Balaban J connectivity index is 1.81. The zero-order valence-electron chi connectivity index (χ0n) is 11.9. The molecule has 1 unspecified atom stereocenters. The first-order valence-corrected chi connectivity index (χ1v) is 6.86. The van der Waals surface area contributed by atoms with Crippen molar-refractivity contribution < 1.29 is 14.3 Å². The average molecular weight is 276 g/mol. The number of rotatable bonds is 6. The molecule has 0 aromatic heterocycles. The Kier molecular flexibility index (Phi) is 4.74. The van der Waals surface area contributed by atoms with Crippen LogP contribution in [0, 0.1) is 0 Å². The van der Waals surface area contributed by atoms with Crippen molar-refractivity contribution in [2.24, 2.45) is 0 Å². The number of hydrogen-bond donors (Lipinski definition) is 1. The molecule has 1 aliphatic heterocycles. The molecule has 0 radical (unpaired) electrons. The molecular weight excluding hydrogens is 256 g/mol. The number of likely N-dealkylation sites (N-methyl/N-ethyl adjacent to an activating group) is 1. The van der Waals surface area contributed by atoms with Crippen LogP contribution in [-0.2, 0) is 16.0 Å². The summed E-state index contributed by atoms with van der Waals surface area (Å²) in [5.41, 5.74) is 1.17. The van der Waals surface area contributed by atoms with Crippen LogP contribution in [0.1, 0.15) is 18.9 Å². The van der Waals surface area contributed by atoms with Gasteiger partial charge in [-0.15, -0.1) is 0 Å². The first-order chi connectivity index (χ1) is 9.65. The van der Waals surface area contributed by atoms with E-state index in [2.05, 4.69) is 5.32 Å². The van der Waals surface area contributed by atoms with E-state index < -0.39 is 0 Å². The van der Waals surface area contributed by atoms with Crippen molar-refractivity contribution in [3.63, 3.8) is 0 Å². The van der Waals surface area contributed by atoms with Gasteiger partial charge in [0.15, 0.2) is 0 Å². The average Bonchev–Trinajstić information content (AvgIpc) is 2.74. The van der Waals surface area contributed by atoms with E-state index >= 15 is 0 Å². The van der Waals surface area contributed by atoms with Gasteiger partial charge >= 0.3 is 0 Å². The fourth-order valence-corrected chi connectivity index (χ4v) is 2.36. The summed E-state index contributed by atoms with van der Waals surface area (Å²) in [6.45, 7) is 2.94. The molecule has 2 rings (SSSR count). The zero-order valence-corrected chi connectivity index (χ0v) is 11.9. The third-order valence-electron chi connectivity index (χ3n) is 3.52. The number of carbonyl (C=O) groups excluding carboxylic acids is 2. The van der Waals surface area contributed by atoms with E-state index in [-0.39, 0.29) is 24.3 Å². The number of methoxy groups -OCH3 is 1. The first-order valence-electron chi connectivity index (χ1n) is 6.86. The van der Waals surface area contributed by atoms with Gasteiger partial charge in [-0.1, -0.05) is 12.1 Å². The molecule has 5 heteroatoms. The fraction of sp³-hybridized carbons (Fsp3) is 0.467. The minimum absolute atomic E-state index is 0.0838. The van der Waals surface area contributed by atoms with Gasteiger partial charge in [0.2, 0.25) is 11.8 Å². The van der Waals surface area contributed by atoms with Crippen LogP contribution in [-0.4, -0.2) is 43.0 Å². The minimum atomic E-state index is -0.360. The molecule has 1 aromatic carbocycles. The number of likely N-dealkylation sites (tertiary alicyclic amines) is 1. The van der Waals surface area contributed by atoms with Crippen LogP contribution in [0.4, 0.5) is 0 Å². The van der Waals surface area contributed by atoms with E-state index in [1.807, 2.05) is 31.2 Å². The van der Waals surface area contributed by atoms with Gasteiger partial charge in [-0.05, 0) is 37.6 Å². The number of benzene rings is 1. The van der Waals surface area contributed by atoms with Gasteiger partial charge in [0.1, 0.15) is 5.75 Å². The third-order valence-corrected chi connectivity index (χ3v) is 3.52. The van der Waals surface area contributed by atoms with E-state index in [0.717, 1.165) is 12.2 Å². The Morgan fingerprint density at radius 3 is 2.55 bits per heavy atom. The summed E-state index contributed by atoms with van der Waals surface area (Å²) in [5.74, 6) is 0.642. The van der Waals surface area contributed by atoms with Crippen molar-refractivity contribution in [3.8, 4) is 5.75 Å². The van der Waals surface area contributed by atoms with Crippen LogP contribution in [0.25, 0.3) is 0 Å². The monoisotopic (exact) mass is 276 g/mol. The Bertz CT molecular complexity index is 484. The topological polar surface area (TPSA) is 58.6 Å². The van der Waals surface area contributed by atoms with Crippen molar-refractivity contribution in [1.29, 1.82) is 0 Å². The lowest BCUT2D eigenvalue weighted by Gasteiger charge is -2.13. The molecule has 1 aromatic rings. The number of hydrogen-bond acceptors (Lipinski definition) is 4. The van der Waals surface area contributed by atoms with Crippen LogP contribution in [0.15, 0.2) is 24.3 Å². The molecule has 1 heterocycles. The molecule has 2 amide bonds. The summed E-state index contributed by atoms with van der Waals surface area (Å²) in [4.78, 5) is 24.8. The number of nitrogens with one attached hydrogen (secondary N) is 1. The molecule has 1 N–H and O–H groups in total. The lowest BCUT2D eigenvalue weighted by atomic mass is 10.1. The van der Waals surface area contributed by atoms with Crippen LogP contribution in [0.2, 0.25) is 0 Å². The quantitative estimate of drug-likeness (QED) is 0.787. The van der Waals surface area contributed by atoms with Crippen LogP contribution >= 0.6 is 0 Å². The lowest BCUT2D eigenvalue weighted by Crippen LogP contribution is -2.39. The van der Waals surface area contributed by atoms with E-state index in [9.17, 15) is 9.59 Å². The minimum Gasteiger partial charge on any atom is -0.497 e. The second-order valence-corrected chi connectivity index (χ2v) is 4.79. The van der Waals surface area contributed by atoms with Gasteiger partial charge in [0, 0.05) is 6.54 Å². The highest BCUT2D eigenvalue weighted by Gasteiger charge is 2.36.